The number of benzene rings is 4. The third kappa shape index (κ3) is 5.55. The van der Waals surface area contributed by atoms with Crippen molar-refractivity contribution in [1.82, 2.24) is 10.2 Å². The molecule has 1 unspecified atom stereocenters. The SMILES string of the molecule is CCCC(Cl)CC(=O)NC(=O)N([C@H](C)c1cccc2ccccc12)[C@H](C)c1cccc2ccccc12. The van der Waals surface area contributed by atoms with Gasteiger partial charge in [-0.1, -0.05) is 98.3 Å². The van der Waals surface area contributed by atoms with Crippen LogP contribution in [-0.2, 0) is 4.79 Å². The van der Waals surface area contributed by atoms with E-state index in [9.17, 15) is 9.59 Å². The topological polar surface area (TPSA) is 49.4 Å². The van der Waals surface area contributed by atoms with E-state index < -0.39 is 6.03 Å². The number of halogens is 1. The van der Waals surface area contributed by atoms with Gasteiger partial charge < -0.3 is 4.90 Å². The Morgan fingerprint density at radius 1 is 0.778 bits per heavy atom. The molecule has 36 heavy (non-hydrogen) atoms. The molecule has 0 radical (unpaired) electrons. The number of hydrogen-bond acceptors (Lipinski definition) is 2. The fraction of sp³-hybridized carbons (Fsp3) is 0.290. The second-order valence-electron chi connectivity index (χ2n) is 9.34. The molecule has 0 spiro atoms. The number of urea groups is 1. The van der Waals surface area contributed by atoms with Gasteiger partial charge in [-0.2, -0.15) is 0 Å². The minimum absolute atomic E-state index is 0.111. The van der Waals surface area contributed by atoms with Crippen molar-refractivity contribution < 1.29 is 9.59 Å². The molecule has 0 aromatic heterocycles. The predicted octanol–water partition coefficient (Wildman–Crippen LogP) is 8.15. The summed E-state index contributed by atoms with van der Waals surface area (Å²) in [5, 5.41) is 6.74. The Bertz CT molecular complexity index is 1270. The van der Waals surface area contributed by atoms with E-state index in [0.717, 1.165) is 45.5 Å². The first-order valence-electron chi connectivity index (χ1n) is 12.6. The monoisotopic (exact) mass is 500 g/mol. The summed E-state index contributed by atoms with van der Waals surface area (Å²) in [6.07, 6.45) is 1.73. The van der Waals surface area contributed by atoms with Crippen molar-refractivity contribution in [1.29, 1.82) is 0 Å². The van der Waals surface area contributed by atoms with Crippen LogP contribution in [0.3, 0.4) is 0 Å². The molecule has 5 heteroatoms. The highest BCUT2D eigenvalue weighted by molar-refractivity contribution is 6.22. The maximum absolute atomic E-state index is 13.7. The number of hydrogen-bond donors (Lipinski definition) is 1. The van der Waals surface area contributed by atoms with Gasteiger partial charge in [0.1, 0.15) is 0 Å². The van der Waals surface area contributed by atoms with E-state index in [4.69, 9.17) is 11.6 Å². The number of carbonyl (C=O) groups is 2. The fourth-order valence-corrected chi connectivity index (χ4v) is 5.43. The van der Waals surface area contributed by atoms with Crippen LogP contribution < -0.4 is 5.32 Å². The summed E-state index contributed by atoms with van der Waals surface area (Å²) in [6, 6.07) is 27.6. The zero-order valence-corrected chi connectivity index (χ0v) is 21.8. The third-order valence-corrected chi connectivity index (χ3v) is 7.24. The molecule has 3 atom stereocenters. The van der Waals surface area contributed by atoms with Crippen molar-refractivity contribution in [3.8, 4) is 0 Å². The van der Waals surface area contributed by atoms with E-state index in [2.05, 4.69) is 53.8 Å². The summed E-state index contributed by atoms with van der Waals surface area (Å²) in [4.78, 5) is 28.3. The average molecular weight is 501 g/mol. The molecule has 4 nitrogen and oxygen atoms in total. The number of amides is 3. The van der Waals surface area contributed by atoms with Crippen molar-refractivity contribution in [3.05, 3.63) is 96.1 Å². The molecule has 0 fully saturated rings. The Hall–Kier alpha value is -3.37. The van der Waals surface area contributed by atoms with Gasteiger partial charge in [0.25, 0.3) is 0 Å². The maximum atomic E-state index is 13.7. The van der Waals surface area contributed by atoms with Gasteiger partial charge in [0.15, 0.2) is 0 Å². The molecule has 4 aromatic rings. The van der Waals surface area contributed by atoms with E-state index in [-0.39, 0.29) is 29.8 Å². The highest BCUT2D eigenvalue weighted by Crippen LogP contribution is 2.36. The Labute approximate surface area is 218 Å². The highest BCUT2D eigenvalue weighted by atomic mass is 35.5. The number of fused-ring (bicyclic) bond motifs is 2. The summed E-state index contributed by atoms with van der Waals surface area (Å²) in [5.41, 5.74) is 2.06. The minimum atomic E-state index is -0.416. The molecule has 0 aliphatic carbocycles. The van der Waals surface area contributed by atoms with Gasteiger partial charge in [0.05, 0.1) is 12.1 Å². The number of imide groups is 1. The van der Waals surface area contributed by atoms with Crippen LogP contribution >= 0.6 is 11.6 Å². The molecule has 3 amide bonds. The highest BCUT2D eigenvalue weighted by Gasteiger charge is 2.30. The third-order valence-electron chi connectivity index (χ3n) is 6.87. The van der Waals surface area contributed by atoms with Crippen molar-refractivity contribution in [2.45, 2.75) is 57.5 Å². The molecule has 0 saturated carbocycles. The van der Waals surface area contributed by atoms with Crippen LogP contribution in [-0.4, -0.2) is 22.2 Å². The molecule has 186 valence electrons. The number of rotatable bonds is 8. The number of nitrogens with one attached hydrogen (secondary N) is 1. The number of nitrogens with zero attached hydrogens (tertiary/aromatic N) is 1. The Balaban J connectivity index is 1.74. The van der Waals surface area contributed by atoms with Crippen molar-refractivity contribution in [2.75, 3.05) is 0 Å². The lowest BCUT2D eigenvalue weighted by atomic mass is 9.94. The lowest BCUT2D eigenvalue weighted by Gasteiger charge is -2.36. The number of alkyl halides is 1. The van der Waals surface area contributed by atoms with Crippen LogP contribution in [0.4, 0.5) is 4.79 Å². The van der Waals surface area contributed by atoms with E-state index >= 15 is 0 Å². The van der Waals surface area contributed by atoms with Crippen LogP contribution in [0.2, 0.25) is 0 Å². The summed E-state index contributed by atoms with van der Waals surface area (Å²) in [6.45, 7) is 6.07. The summed E-state index contributed by atoms with van der Waals surface area (Å²) in [7, 11) is 0. The van der Waals surface area contributed by atoms with Crippen LogP contribution in [0.1, 0.15) is 63.2 Å². The van der Waals surface area contributed by atoms with Crippen molar-refractivity contribution >= 4 is 45.1 Å². The van der Waals surface area contributed by atoms with E-state index in [1.807, 2.05) is 57.2 Å². The Morgan fingerprint density at radius 3 is 1.75 bits per heavy atom. The molecule has 0 aliphatic heterocycles. The van der Waals surface area contributed by atoms with E-state index in [0.29, 0.717) is 0 Å². The van der Waals surface area contributed by atoms with Gasteiger partial charge in [0.2, 0.25) is 5.91 Å². The molecular formula is C31H33ClN2O2. The lowest BCUT2D eigenvalue weighted by Crippen LogP contribution is -2.45. The first kappa shape index (κ1) is 25.7. The van der Waals surface area contributed by atoms with Gasteiger partial charge >= 0.3 is 6.03 Å². The van der Waals surface area contributed by atoms with E-state index in [1.165, 1.54) is 0 Å². The normalized spacial score (nSPS) is 13.8. The van der Waals surface area contributed by atoms with E-state index in [1.54, 1.807) is 4.90 Å². The molecule has 0 heterocycles. The summed E-state index contributed by atoms with van der Waals surface area (Å²) >= 11 is 6.30. The second kappa shape index (κ2) is 11.6. The first-order valence-corrected chi connectivity index (χ1v) is 13.1. The first-order chi connectivity index (χ1) is 17.4. The van der Waals surface area contributed by atoms with Crippen molar-refractivity contribution in [3.63, 3.8) is 0 Å². The molecule has 0 saturated heterocycles. The van der Waals surface area contributed by atoms with Crippen LogP contribution in [0, 0.1) is 0 Å². The molecule has 0 bridgehead atoms. The average Bonchev–Trinajstić information content (AvgIpc) is 2.88. The fourth-order valence-electron chi connectivity index (χ4n) is 5.07. The van der Waals surface area contributed by atoms with Gasteiger partial charge in [-0.3, -0.25) is 10.1 Å². The summed E-state index contributed by atoms with van der Waals surface area (Å²) < 4.78 is 0. The Morgan fingerprint density at radius 2 is 1.25 bits per heavy atom. The molecule has 1 N–H and O–H groups in total. The maximum Gasteiger partial charge on any atom is 0.325 e. The predicted molar refractivity (Wildman–Crippen MR) is 149 cm³/mol. The molecule has 0 aliphatic rings. The summed E-state index contributed by atoms with van der Waals surface area (Å²) in [5.74, 6) is -0.353. The Kier molecular flexibility index (Phi) is 8.27. The molecular weight excluding hydrogens is 468 g/mol. The standard InChI is InChI=1S/C31H33ClN2O2/c1-4-11-25(32)20-30(35)33-31(36)34(21(2)26-18-9-14-23-12-5-7-16-28(23)26)22(3)27-19-10-15-24-13-6-8-17-29(24)27/h5-10,12-19,21-22,25H,4,11,20H2,1-3H3,(H,33,35,36)/t21-,22-,25?/m1/s1. The zero-order chi connectivity index (χ0) is 25.7. The zero-order valence-electron chi connectivity index (χ0n) is 21.1. The van der Waals surface area contributed by atoms with Crippen LogP contribution in [0.5, 0.6) is 0 Å². The van der Waals surface area contributed by atoms with Crippen molar-refractivity contribution in [2.24, 2.45) is 0 Å². The lowest BCUT2D eigenvalue weighted by molar-refractivity contribution is -0.120. The largest absolute Gasteiger partial charge is 0.325 e. The van der Waals surface area contributed by atoms with Crippen LogP contribution in [0.15, 0.2) is 84.9 Å². The minimum Gasteiger partial charge on any atom is -0.311 e. The van der Waals surface area contributed by atoms with Gasteiger partial charge in [-0.05, 0) is 52.9 Å². The smallest absolute Gasteiger partial charge is 0.311 e. The second-order valence-corrected chi connectivity index (χ2v) is 9.96. The quantitative estimate of drug-likeness (QED) is 0.248. The van der Waals surface area contributed by atoms with Gasteiger partial charge in [-0.25, -0.2) is 4.79 Å². The van der Waals surface area contributed by atoms with Gasteiger partial charge in [-0.15, -0.1) is 11.6 Å². The number of carbonyl (C=O) groups excluding carboxylic acids is 2. The molecule has 4 rings (SSSR count). The van der Waals surface area contributed by atoms with Crippen LogP contribution in [0.25, 0.3) is 21.5 Å². The van der Waals surface area contributed by atoms with Gasteiger partial charge in [0, 0.05) is 11.8 Å². The molecule has 4 aromatic carbocycles.